The van der Waals surface area contributed by atoms with Crippen molar-refractivity contribution in [3.8, 4) is 0 Å². The quantitative estimate of drug-likeness (QED) is 0.555. The number of primary sulfonamides is 1. The number of hydrogen-bond acceptors (Lipinski definition) is 5. The Morgan fingerprint density at radius 3 is 2.14 bits per heavy atom. The van der Waals surface area contributed by atoms with Crippen LogP contribution in [-0.2, 0) is 21.2 Å². The fourth-order valence-electron chi connectivity index (χ4n) is 2.69. The molecule has 1 fully saturated rings. The van der Waals surface area contributed by atoms with Crippen LogP contribution >= 0.6 is 0 Å². The van der Waals surface area contributed by atoms with Gasteiger partial charge in [-0.05, 0) is 44.9 Å². The van der Waals surface area contributed by atoms with Crippen LogP contribution in [0.5, 0.6) is 0 Å². The van der Waals surface area contributed by atoms with E-state index < -0.39 is 15.6 Å². The summed E-state index contributed by atoms with van der Waals surface area (Å²) in [5.41, 5.74) is 6.49. The van der Waals surface area contributed by atoms with Crippen LogP contribution < -0.4 is 10.9 Å². The summed E-state index contributed by atoms with van der Waals surface area (Å²) in [5, 5.41) is 5.08. The maximum absolute atomic E-state index is 12.1. The largest absolute Gasteiger partial charge is 0.444 e. The van der Waals surface area contributed by atoms with Gasteiger partial charge in [-0.25, -0.2) is 18.4 Å². The molecule has 1 aromatic carbocycles. The van der Waals surface area contributed by atoms with Gasteiger partial charge in [-0.15, -0.1) is 0 Å². The highest BCUT2D eigenvalue weighted by molar-refractivity contribution is 7.89. The summed E-state index contributed by atoms with van der Waals surface area (Å²) >= 11 is 0. The van der Waals surface area contributed by atoms with Crippen LogP contribution in [0.2, 0.25) is 0 Å². The SMILES string of the molecule is CC(C)(C)OC(=O)N1CCN(C(N)=NCCc2ccc(S(N)(=O)=O)cc2)CC1. The van der Waals surface area contributed by atoms with Crippen molar-refractivity contribution in [2.24, 2.45) is 15.9 Å². The molecular weight excluding hydrogens is 382 g/mol. The van der Waals surface area contributed by atoms with E-state index in [1.165, 1.54) is 12.1 Å². The van der Waals surface area contributed by atoms with E-state index in [4.69, 9.17) is 15.6 Å². The number of sulfonamides is 1. The van der Waals surface area contributed by atoms with Gasteiger partial charge in [-0.3, -0.25) is 4.99 Å². The highest BCUT2D eigenvalue weighted by atomic mass is 32.2. The van der Waals surface area contributed by atoms with Crippen LogP contribution in [0.1, 0.15) is 26.3 Å². The number of carbonyl (C=O) groups is 1. The standard InChI is InChI=1S/C18H29N5O4S/c1-18(2,3)27-17(24)23-12-10-22(11-13-23)16(19)21-9-8-14-4-6-15(7-5-14)28(20,25)26/h4-7H,8-13H2,1-3H3,(H2,19,21)(H2,20,25,26). The van der Waals surface area contributed by atoms with E-state index in [9.17, 15) is 13.2 Å². The van der Waals surface area contributed by atoms with Crippen molar-refractivity contribution in [1.82, 2.24) is 9.80 Å². The molecule has 0 spiro atoms. The van der Waals surface area contributed by atoms with E-state index in [0.29, 0.717) is 45.1 Å². The second-order valence-corrected chi connectivity index (χ2v) is 9.19. The fraction of sp³-hybridized carbons (Fsp3) is 0.556. The minimum absolute atomic E-state index is 0.0853. The lowest BCUT2D eigenvalue weighted by Crippen LogP contribution is -2.53. The van der Waals surface area contributed by atoms with Gasteiger partial charge in [-0.2, -0.15) is 0 Å². The Balaban J connectivity index is 1.81. The lowest BCUT2D eigenvalue weighted by molar-refractivity contribution is 0.0186. The molecule has 1 saturated heterocycles. The summed E-state index contributed by atoms with van der Waals surface area (Å²) in [7, 11) is -3.68. The third-order valence-electron chi connectivity index (χ3n) is 4.18. The van der Waals surface area contributed by atoms with Gasteiger partial charge < -0.3 is 20.3 Å². The third-order valence-corrected chi connectivity index (χ3v) is 5.11. The van der Waals surface area contributed by atoms with Gasteiger partial charge in [0.2, 0.25) is 10.0 Å². The molecule has 2 rings (SSSR count). The predicted molar refractivity (Wildman–Crippen MR) is 107 cm³/mol. The molecule has 0 atom stereocenters. The number of piperazine rings is 1. The highest BCUT2D eigenvalue weighted by Crippen LogP contribution is 2.12. The van der Waals surface area contributed by atoms with E-state index >= 15 is 0 Å². The molecule has 1 heterocycles. The number of ether oxygens (including phenoxy) is 1. The Bertz CT molecular complexity index is 807. The molecule has 4 N–H and O–H groups in total. The molecule has 0 aromatic heterocycles. The van der Waals surface area contributed by atoms with E-state index in [1.54, 1.807) is 17.0 Å². The van der Waals surface area contributed by atoms with Crippen molar-refractivity contribution in [2.75, 3.05) is 32.7 Å². The van der Waals surface area contributed by atoms with Crippen LogP contribution in [0.4, 0.5) is 4.79 Å². The first-order valence-electron chi connectivity index (χ1n) is 9.10. The molecule has 0 bridgehead atoms. The summed E-state index contributed by atoms with van der Waals surface area (Å²) in [6, 6.07) is 6.39. The van der Waals surface area contributed by atoms with E-state index in [1.807, 2.05) is 25.7 Å². The summed E-state index contributed by atoms with van der Waals surface area (Å²) in [6.07, 6.45) is 0.314. The number of aliphatic imine (C=N–C) groups is 1. The minimum atomic E-state index is -3.68. The second-order valence-electron chi connectivity index (χ2n) is 7.63. The van der Waals surface area contributed by atoms with Gasteiger partial charge >= 0.3 is 6.09 Å². The molecule has 156 valence electrons. The second kappa shape index (κ2) is 8.78. The zero-order valence-electron chi connectivity index (χ0n) is 16.6. The zero-order chi connectivity index (χ0) is 20.9. The molecule has 1 aromatic rings. The maximum atomic E-state index is 12.1. The lowest BCUT2D eigenvalue weighted by Gasteiger charge is -2.36. The summed E-state index contributed by atoms with van der Waals surface area (Å²) in [6.45, 7) is 8.25. The number of rotatable bonds is 4. The zero-order valence-corrected chi connectivity index (χ0v) is 17.4. The number of nitrogens with two attached hydrogens (primary N) is 2. The Kier molecular flexibility index (Phi) is 6.89. The number of amides is 1. The van der Waals surface area contributed by atoms with Gasteiger partial charge in [0.1, 0.15) is 5.60 Å². The number of hydrogen-bond donors (Lipinski definition) is 2. The molecule has 1 amide bonds. The van der Waals surface area contributed by atoms with Gasteiger partial charge in [0.25, 0.3) is 0 Å². The van der Waals surface area contributed by atoms with Crippen molar-refractivity contribution >= 4 is 22.1 Å². The van der Waals surface area contributed by atoms with Crippen molar-refractivity contribution in [3.63, 3.8) is 0 Å². The van der Waals surface area contributed by atoms with E-state index in [0.717, 1.165) is 5.56 Å². The normalized spacial score (nSPS) is 16.2. The molecular formula is C18H29N5O4S. The lowest BCUT2D eigenvalue weighted by atomic mass is 10.1. The molecule has 0 aliphatic carbocycles. The van der Waals surface area contributed by atoms with Crippen LogP contribution in [-0.4, -0.2) is 68.6 Å². The number of nitrogens with zero attached hydrogens (tertiary/aromatic N) is 3. The summed E-state index contributed by atoms with van der Waals surface area (Å²) in [5.74, 6) is 0.435. The Labute approximate surface area is 166 Å². The Morgan fingerprint density at radius 1 is 1.11 bits per heavy atom. The van der Waals surface area contributed by atoms with Gasteiger partial charge in [0.05, 0.1) is 4.90 Å². The Hall–Kier alpha value is -2.33. The predicted octanol–water partition coefficient (Wildman–Crippen LogP) is 0.744. The van der Waals surface area contributed by atoms with E-state index in [-0.39, 0.29) is 11.0 Å². The first-order valence-corrected chi connectivity index (χ1v) is 10.6. The van der Waals surface area contributed by atoms with E-state index in [2.05, 4.69) is 4.99 Å². The van der Waals surface area contributed by atoms with Crippen LogP contribution in [0.25, 0.3) is 0 Å². The number of benzene rings is 1. The average Bonchev–Trinajstić information content (AvgIpc) is 2.60. The number of guanidine groups is 1. The van der Waals surface area contributed by atoms with Gasteiger partial charge in [0.15, 0.2) is 5.96 Å². The molecule has 1 aliphatic rings. The van der Waals surface area contributed by atoms with Crippen molar-refractivity contribution in [1.29, 1.82) is 0 Å². The molecule has 10 heteroatoms. The summed E-state index contributed by atoms with van der Waals surface area (Å²) in [4.78, 5) is 20.2. The molecule has 1 aliphatic heterocycles. The third kappa shape index (κ3) is 6.68. The van der Waals surface area contributed by atoms with Crippen LogP contribution in [0, 0.1) is 0 Å². The summed E-state index contributed by atoms with van der Waals surface area (Å²) < 4.78 is 27.9. The topological polar surface area (TPSA) is 131 Å². The highest BCUT2D eigenvalue weighted by Gasteiger charge is 2.26. The molecule has 0 saturated carbocycles. The molecule has 0 radical (unpaired) electrons. The van der Waals surface area contributed by atoms with Crippen molar-refractivity contribution in [3.05, 3.63) is 29.8 Å². The monoisotopic (exact) mass is 411 g/mol. The average molecular weight is 412 g/mol. The fourth-order valence-corrected chi connectivity index (χ4v) is 3.21. The first kappa shape index (κ1) is 22.0. The minimum Gasteiger partial charge on any atom is -0.444 e. The number of carbonyl (C=O) groups excluding carboxylic acids is 1. The maximum Gasteiger partial charge on any atom is 0.410 e. The van der Waals surface area contributed by atoms with Gasteiger partial charge in [-0.1, -0.05) is 12.1 Å². The van der Waals surface area contributed by atoms with Crippen LogP contribution in [0.3, 0.4) is 0 Å². The Morgan fingerprint density at radius 2 is 1.64 bits per heavy atom. The molecule has 28 heavy (non-hydrogen) atoms. The smallest absolute Gasteiger partial charge is 0.410 e. The first-order chi connectivity index (χ1) is 13.0. The van der Waals surface area contributed by atoms with Gasteiger partial charge in [0, 0.05) is 32.7 Å². The molecule has 9 nitrogen and oxygen atoms in total. The van der Waals surface area contributed by atoms with Crippen LogP contribution in [0.15, 0.2) is 34.2 Å². The van der Waals surface area contributed by atoms with Crippen molar-refractivity contribution in [2.45, 2.75) is 37.7 Å². The molecule has 0 unspecified atom stereocenters. The van der Waals surface area contributed by atoms with Crippen molar-refractivity contribution < 1.29 is 17.9 Å².